The molecule has 0 unspecified atom stereocenters. The number of carbonyl (C=O) groups is 1. The molecule has 1 amide bonds. The van der Waals surface area contributed by atoms with Crippen LogP contribution in [-0.2, 0) is 17.9 Å². The van der Waals surface area contributed by atoms with E-state index in [9.17, 15) is 19.2 Å². The third-order valence-corrected chi connectivity index (χ3v) is 7.02. The topological polar surface area (TPSA) is 107 Å². The van der Waals surface area contributed by atoms with Crippen molar-refractivity contribution in [1.82, 2.24) is 18.5 Å². The van der Waals surface area contributed by atoms with Crippen LogP contribution in [0.1, 0.15) is 31.4 Å². The Hall–Kier alpha value is -4.31. The zero-order valence-corrected chi connectivity index (χ0v) is 20.8. The van der Waals surface area contributed by atoms with E-state index in [0.29, 0.717) is 47.2 Å². The predicted octanol–water partition coefficient (Wildman–Crippen LogP) is 3.48. The van der Waals surface area contributed by atoms with Crippen LogP contribution in [0.4, 0.5) is 5.69 Å². The number of amides is 1. The molecule has 4 aromatic heterocycles. The summed E-state index contributed by atoms with van der Waals surface area (Å²) in [6.07, 6.45) is 3.93. The Morgan fingerprint density at radius 1 is 0.919 bits per heavy atom. The number of carbonyl (C=O) groups excluding carboxylic acids is 1. The van der Waals surface area contributed by atoms with Crippen LogP contribution in [0.5, 0.6) is 0 Å². The smallest absolute Gasteiger partial charge is 0.326 e. The zero-order chi connectivity index (χ0) is 25.8. The Labute approximate surface area is 215 Å². The first-order chi connectivity index (χ1) is 18.0. The number of nitrogens with one attached hydrogen (secondary N) is 1. The highest BCUT2D eigenvalue weighted by Crippen LogP contribution is 2.16. The fourth-order valence-electron chi connectivity index (χ4n) is 4.31. The van der Waals surface area contributed by atoms with Gasteiger partial charge in [0.05, 0.1) is 17.8 Å². The van der Waals surface area contributed by atoms with Gasteiger partial charge in [0.1, 0.15) is 10.3 Å². The molecular weight excluding hydrogens is 490 g/mol. The van der Waals surface area contributed by atoms with Crippen molar-refractivity contribution < 1.29 is 4.79 Å². The molecule has 0 atom stereocenters. The van der Waals surface area contributed by atoms with Crippen molar-refractivity contribution in [2.45, 2.75) is 38.8 Å². The van der Waals surface area contributed by atoms with Crippen molar-refractivity contribution in [2.75, 3.05) is 5.32 Å². The van der Waals surface area contributed by atoms with Gasteiger partial charge in [0.25, 0.3) is 11.1 Å². The summed E-state index contributed by atoms with van der Waals surface area (Å²) in [5.74, 6) is -0.0653. The number of hydrogen-bond donors (Lipinski definition) is 1. The molecule has 0 saturated carbocycles. The zero-order valence-electron chi connectivity index (χ0n) is 20.0. The van der Waals surface area contributed by atoms with E-state index in [1.54, 1.807) is 35.8 Å². The number of benzene rings is 1. The van der Waals surface area contributed by atoms with E-state index in [2.05, 4.69) is 10.3 Å². The van der Waals surface area contributed by atoms with Crippen molar-refractivity contribution >= 4 is 38.8 Å². The number of thiophene rings is 1. The molecule has 0 bridgehead atoms. The van der Waals surface area contributed by atoms with Crippen LogP contribution < -0.4 is 22.1 Å². The Balaban J connectivity index is 1.31. The molecule has 0 aliphatic rings. The third kappa shape index (κ3) is 5.29. The van der Waals surface area contributed by atoms with E-state index in [1.807, 2.05) is 30.3 Å². The summed E-state index contributed by atoms with van der Waals surface area (Å²) in [6, 6.07) is 17.7. The highest BCUT2D eigenvalue weighted by Gasteiger charge is 2.15. The Morgan fingerprint density at radius 3 is 2.57 bits per heavy atom. The van der Waals surface area contributed by atoms with Crippen molar-refractivity contribution in [1.29, 1.82) is 0 Å². The van der Waals surface area contributed by atoms with Crippen molar-refractivity contribution in [2.24, 2.45) is 0 Å². The van der Waals surface area contributed by atoms with E-state index >= 15 is 0 Å². The number of para-hydroxylation sites is 1. The van der Waals surface area contributed by atoms with Crippen LogP contribution in [0.3, 0.4) is 0 Å². The van der Waals surface area contributed by atoms with E-state index < -0.39 is 5.69 Å². The monoisotopic (exact) mass is 515 g/mol. The maximum absolute atomic E-state index is 13.4. The summed E-state index contributed by atoms with van der Waals surface area (Å²) in [6.45, 7) is 0.326. The molecular formula is C27H25N5O4S. The molecule has 0 aliphatic carbocycles. The van der Waals surface area contributed by atoms with Gasteiger partial charge in [-0.05, 0) is 48.6 Å². The van der Waals surface area contributed by atoms with Gasteiger partial charge in [-0.15, -0.1) is 11.3 Å². The van der Waals surface area contributed by atoms with Gasteiger partial charge in [0.2, 0.25) is 5.91 Å². The van der Waals surface area contributed by atoms with Crippen LogP contribution in [0.15, 0.2) is 86.6 Å². The summed E-state index contributed by atoms with van der Waals surface area (Å²) < 4.78 is 4.67. The SMILES string of the molecule is O=C(CCCCCn1c(=O)c2sccc2n(Cc2cc(=O)n3ccccc3n2)c1=O)Nc1ccccc1. The van der Waals surface area contributed by atoms with Gasteiger partial charge in [-0.1, -0.05) is 30.7 Å². The number of pyridine rings is 1. The molecule has 0 fully saturated rings. The minimum absolute atomic E-state index is 0.0653. The molecule has 5 aromatic rings. The molecule has 4 heterocycles. The lowest BCUT2D eigenvalue weighted by Gasteiger charge is -2.12. The fraction of sp³-hybridized carbons (Fsp3) is 0.222. The number of unbranched alkanes of at least 4 members (excludes halogenated alkanes) is 2. The first-order valence-corrected chi connectivity index (χ1v) is 12.9. The molecule has 1 N–H and O–H groups in total. The normalized spacial score (nSPS) is 11.2. The van der Waals surface area contributed by atoms with E-state index in [4.69, 9.17) is 0 Å². The van der Waals surface area contributed by atoms with Gasteiger partial charge in [0, 0.05) is 30.9 Å². The lowest BCUT2D eigenvalue weighted by atomic mass is 10.2. The second kappa shape index (κ2) is 10.8. The number of anilines is 1. The highest BCUT2D eigenvalue weighted by molar-refractivity contribution is 7.17. The average Bonchev–Trinajstić information content (AvgIpc) is 3.39. The summed E-state index contributed by atoms with van der Waals surface area (Å²) in [5, 5.41) is 4.63. The van der Waals surface area contributed by atoms with E-state index in [0.717, 1.165) is 5.69 Å². The quantitative estimate of drug-likeness (QED) is 0.303. The Morgan fingerprint density at radius 2 is 1.73 bits per heavy atom. The number of fused-ring (bicyclic) bond motifs is 2. The summed E-state index contributed by atoms with van der Waals surface area (Å²) >= 11 is 1.28. The van der Waals surface area contributed by atoms with Crippen molar-refractivity contribution in [3.63, 3.8) is 0 Å². The molecule has 37 heavy (non-hydrogen) atoms. The lowest BCUT2D eigenvalue weighted by molar-refractivity contribution is -0.116. The van der Waals surface area contributed by atoms with Gasteiger partial charge in [-0.25, -0.2) is 9.78 Å². The van der Waals surface area contributed by atoms with Gasteiger partial charge < -0.3 is 5.32 Å². The molecule has 9 nitrogen and oxygen atoms in total. The van der Waals surface area contributed by atoms with Gasteiger partial charge in [-0.2, -0.15) is 0 Å². The third-order valence-electron chi connectivity index (χ3n) is 6.12. The molecule has 0 aliphatic heterocycles. The van der Waals surface area contributed by atoms with Crippen LogP contribution in [0.2, 0.25) is 0 Å². The van der Waals surface area contributed by atoms with Crippen molar-refractivity contribution in [3.8, 4) is 0 Å². The maximum atomic E-state index is 13.4. The first kappa shape index (κ1) is 24.4. The molecule has 0 radical (unpaired) electrons. The van der Waals surface area contributed by atoms with Gasteiger partial charge in [-0.3, -0.25) is 27.9 Å². The van der Waals surface area contributed by atoms with Crippen molar-refractivity contribution in [3.05, 3.63) is 109 Å². The second-order valence-electron chi connectivity index (χ2n) is 8.70. The molecule has 1 aromatic carbocycles. The fourth-order valence-corrected chi connectivity index (χ4v) is 5.15. The molecule has 0 spiro atoms. The standard InChI is InChI=1S/C27H25N5O4S/c33-23(29-19-9-3-1-4-10-19)12-5-2-7-15-31-26(35)25-21(13-16-37-25)32(27(31)36)18-20-17-24(34)30-14-8-6-11-22(30)28-20/h1,3-4,6,8-11,13-14,16-17H,2,5,7,12,15,18H2,(H,29,33). The summed E-state index contributed by atoms with van der Waals surface area (Å²) in [4.78, 5) is 55.6. The van der Waals surface area contributed by atoms with E-state index in [1.165, 1.54) is 30.9 Å². The minimum Gasteiger partial charge on any atom is -0.326 e. The molecule has 0 saturated heterocycles. The molecule has 5 rings (SSSR count). The number of aromatic nitrogens is 4. The maximum Gasteiger partial charge on any atom is 0.331 e. The average molecular weight is 516 g/mol. The highest BCUT2D eigenvalue weighted by atomic mass is 32.1. The van der Waals surface area contributed by atoms with Crippen LogP contribution in [0.25, 0.3) is 15.9 Å². The minimum atomic E-state index is -0.437. The Bertz CT molecular complexity index is 1750. The summed E-state index contributed by atoms with van der Waals surface area (Å²) in [7, 11) is 0. The van der Waals surface area contributed by atoms with E-state index in [-0.39, 0.29) is 30.1 Å². The largest absolute Gasteiger partial charge is 0.331 e. The number of hydrogen-bond acceptors (Lipinski definition) is 6. The second-order valence-corrected chi connectivity index (χ2v) is 9.62. The van der Waals surface area contributed by atoms with Gasteiger partial charge >= 0.3 is 5.69 Å². The van der Waals surface area contributed by atoms with Crippen LogP contribution in [-0.4, -0.2) is 24.4 Å². The van der Waals surface area contributed by atoms with Crippen LogP contribution in [0, 0.1) is 0 Å². The molecule has 188 valence electrons. The lowest BCUT2D eigenvalue weighted by Crippen LogP contribution is -2.40. The molecule has 10 heteroatoms. The summed E-state index contributed by atoms with van der Waals surface area (Å²) in [5.41, 5.74) is 1.23. The van der Waals surface area contributed by atoms with Crippen LogP contribution >= 0.6 is 11.3 Å². The number of nitrogens with zero attached hydrogens (tertiary/aromatic N) is 4. The number of rotatable bonds is 9. The van der Waals surface area contributed by atoms with Gasteiger partial charge in [0.15, 0.2) is 0 Å². The first-order valence-electron chi connectivity index (χ1n) is 12.0. The predicted molar refractivity (Wildman–Crippen MR) is 144 cm³/mol. The Kier molecular flexibility index (Phi) is 7.09.